The summed E-state index contributed by atoms with van der Waals surface area (Å²) in [4.78, 5) is 51.1. The van der Waals surface area contributed by atoms with Gasteiger partial charge < -0.3 is 53.3 Å². The number of aryl methyl sites for hydroxylation is 3. The third-order valence-electron chi connectivity index (χ3n) is 17.7. The molecule has 2 aliphatic rings. The molecule has 14 rings (SSSR count). The molecule has 26 heteroatoms. The van der Waals surface area contributed by atoms with E-state index in [1.54, 1.807) is 98.9 Å². The van der Waals surface area contributed by atoms with Crippen molar-refractivity contribution in [2.75, 3.05) is 109 Å². The predicted octanol–water partition coefficient (Wildman–Crippen LogP) is 12.1. The lowest BCUT2D eigenvalue weighted by atomic mass is 10.1. The lowest BCUT2D eigenvalue weighted by Gasteiger charge is -2.28. The van der Waals surface area contributed by atoms with Crippen LogP contribution in [0.1, 0.15) is 25.7 Å². The minimum absolute atomic E-state index is 0.0347. The van der Waals surface area contributed by atoms with E-state index < -0.39 is 0 Å². The molecule has 12 aromatic rings. The fourth-order valence-electron chi connectivity index (χ4n) is 12.3. The third kappa shape index (κ3) is 16.7. The number of aliphatic hydroxyl groups is 1. The SMILES string of the molecule is COc1cc(OC)cc(N(CCCN2CCCC2=O)c2ccc3ncc(-c4cnn(C)c4)nc3c2)c1.COc1cc(OC)cc(N(CCN2CC[C@H](C#N)C2)c2ccc3ncc(-c4cnn(C)c4)nc3c2)c1.COc1ccc(Cl)c(N(CCO)c2ccc3ncc(-c4cnn(C)c4)nc3c2)c1. The van der Waals surface area contributed by atoms with Crippen LogP contribution in [0.5, 0.6) is 28.7 Å². The fourth-order valence-corrected chi connectivity index (χ4v) is 12.6. The Labute approximate surface area is 590 Å². The van der Waals surface area contributed by atoms with E-state index in [1.165, 1.54) is 0 Å². The average Bonchev–Trinajstić information content (AvgIpc) is 1.02. The van der Waals surface area contributed by atoms with E-state index in [2.05, 4.69) is 69.2 Å². The Bertz CT molecular complexity index is 4880. The minimum Gasteiger partial charge on any atom is -0.497 e. The second-order valence-electron chi connectivity index (χ2n) is 24.4. The molecule has 1 amide bonds. The number of anilines is 6. The molecular formula is C75H79ClN18O7. The van der Waals surface area contributed by atoms with Gasteiger partial charge in [0.05, 0.1) is 152 Å². The molecule has 0 radical (unpaired) electrons. The molecule has 2 saturated heterocycles. The van der Waals surface area contributed by atoms with Crippen molar-refractivity contribution < 1.29 is 33.6 Å². The van der Waals surface area contributed by atoms with Crippen LogP contribution in [0.2, 0.25) is 5.02 Å². The van der Waals surface area contributed by atoms with Crippen molar-refractivity contribution in [3.05, 3.63) is 170 Å². The fraction of sp³-hybridized carbons (Fsp3) is 0.293. The molecule has 2 fully saturated rings. The number of carbonyl (C=O) groups excluding carboxylic acids is 1. The molecule has 6 aromatic carbocycles. The zero-order valence-electron chi connectivity index (χ0n) is 57.7. The number of amides is 1. The summed E-state index contributed by atoms with van der Waals surface area (Å²) in [5, 5.41) is 32.2. The van der Waals surface area contributed by atoms with Crippen molar-refractivity contribution in [3.63, 3.8) is 0 Å². The van der Waals surface area contributed by atoms with Crippen LogP contribution >= 0.6 is 11.6 Å². The third-order valence-corrected chi connectivity index (χ3v) is 18.0. The summed E-state index contributed by atoms with van der Waals surface area (Å²) >= 11 is 6.44. The lowest BCUT2D eigenvalue weighted by molar-refractivity contribution is -0.127. The van der Waals surface area contributed by atoms with Gasteiger partial charge in [-0.05, 0) is 92.5 Å². The van der Waals surface area contributed by atoms with Crippen LogP contribution in [0.25, 0.3) is 66.9 Å². The molecule has 101 heavy (non-hydrogen) atoms. The van der Waals surface area contributed by atoms with Crippen LogP contribution in [0, 0.1) is 17.2 Å². The van der Waals surface area contributed by atoms with Gasteiger partial charge in [-0.3, -0.25) is 33.8 Å². The van der Waals surface area contributed by atoms with Crippen molar-refractivity contribution in [1.29, 1.82) is 5.26 Å². The van der Waals surface area contributed by atoms with Crippen LogP contribution in [0.4, 0.5) is 34.1 Å². The predicted molar refractivity (Wildman–Crippen MR) is 391 cm³/mol. The number of nitriles is 1. The molecule has 25 nitrogen and oxygen atoms in total. The summed E-state index contributed by atoms with van der Waals surface area (Å²) in [6.45, 7) is 5.92. The number of carbonyl (C=O) groups is 1. The Kier molecular flexibility index (Phi) is 22.0. The number of fused-ring (bicyclic) bond motifs is 3. The first-order chi connectivity index (χ1) is 49.2. The number of benzene rings is 6. The number of halogens is 1. The summed E-state index contributed by atoms with van der Waals surface area (Å²) in [6.07, 6.45) is 19.7. The molecule has 0 spiro atoms. The molecule has 2 aliphatic heterocycles. The first-order valence-electron chi connectivity index (χ1n) is 33.1. The zero-order chi connectivity index (χ0) is 70.5. The second-order valence-corrected chi connectivity index (χ2v) is 24.8. The monoisotopic (exact) mass is 1380 g/mol. The summed E-state index contributed by atoms with van der Waals surface area (Å²) in [5.74, 6) is 3.91. The van der Waals surface area contributed by atoms with Crippen molar-refractivity contribution in [2.24, 2.45) is 27.1 Å². The smallest absolute Gasteiger partial charge is 0.222 e. The second kappa shape index (κ2) is 32.0. The van der Waals surface area contributed by atoms with E-state index in [0.717, 1.165) is 171 Å². The highest BCUT2D eigenvalue weighted by molar-refractivity contribution is 6.33. The Balaban J connectivity index is 0.000000144. The maximum Gasteiger partial charge on any atom is 0.222 e. The molecular weight excluding hydrogens is 1300 g/mol. The largest absolute Gasteiger partial charge is 0.497 e. The summed E-state index contributed by atoms with van der Waals surface area (Å²) in [6, 6.07) is 37.5. The van der Waals surface area contributed by atoms with E-state index in [4.69, 9.17) is 50.2 Å². The maximum absolute atomic E-state index is 12.1. The number of rotatable bonds is 23. The van der Waals surface area contributed by atoms with Gasteiger partial charge in [-0.2, -0.15) is 20.6 Å². The van der Waals surface area contributed by atoms with Gasteiger partial charge in [-0.25, -0.2) is 15.0 Å². The quantitative estimate of drug-likeness (QED) is 0.0624. The first kappa shape index (κ1) is 69.4. The van der Waals surface area contributed by atoms with E-state index >= 15 is 0 Å². The highest BCUT2D eigenvalue weighted by Gasteiger charge is 2.25. The van der Waals surface area contributed by atoms with Gasteiger partial charge in [0.1, 0.15) is 28.7 Å². The highest BCUT2D eigenvalue weighted by atomic mass is 35.5. The number of hydrogen-bond acceptors (Lipinski definition) is 21. The van der Waals surface area contributed by atoms with Crippen LogP contribution < -0.4 is 38.4 Å². The maximum atomic E-state index is 12.1. The van der Waals surface area contributed by atoms with Crippen LogP contribution in [-0.4, -0.2) is 175 Å². The number of aliphatic hydroxyl groups excluding tert-OH is 1. The number of hydrogen-bond donors (Lipinski definition) is 1. The van der Waals surface area contributed by atoms with Crippen molar-refractivity contribution in [3.8, 4) is 68.6 Å². The zero-order valence-corrected chi connectivity index (χ0v) is 58.4. The molecule has 1 atom stereocenters. The summed E-state index contributed by atoms with van der Waals surface area (Å²) in [5.41, 5.74) is 15.3. The van der Waals surface area contributed by atoms with Crippen molar-refractivity contribution in [1.82, 2.24) is 69.0 Å². The molecule has 6 aromatic heterocycles. The van der Waals surface area contributed by atoms with E-state index in [1.807, 2.05) is 128 Å². The van der Waals surface area contributed by atoms with E-state index in [-0.39, 0.29) is 18.4 Å². The van der Waals surface area contributed by atoms with Gasteiger partial charge in [0.2, 0.25) is 5.91 Å². The van der Waals surface area contributed by atoms with Gasteiger partial charge in [-0.1, -0.05) is 11.6 Å². The molecule has 0 aliphatic carbocycles. The van der Waals surface area contributed by atoms with Crippen LogP contribution in [0.15, 0.2) is 165 Å². The minimum atomic E-state index is -0.0347. The molecule has 0 saturated carbocycles. The number of methoxy groups -OCH3 is 5. The highest BCUT2D eigenvalue weighted by Crippen LogP contribution is 2.39. The number of aromatic nitrogens is 12. The van der Waals surface area contributed by atoms with Gasteiger partial charge in [-0.15, -0.1) is 0 Å². The van der Waals surface area contributed by atoms with Crippen molar-refractivity contribution >= 4 is 84.7 Å². The number of nitrogens with zero attached hydrogens (tertiary/aromatic N) is 18. The van der Waals surface area contributed by atoms with Gasteiger partial charge >= 0.3 is 0 Å². The topological polar surface area (TPSA) is 254 Å². The van der Waals surface area contributed by atoms with Crippen LogP contribution in [0.3, 0.4) is 0 Å². The average molecular weight is 1380 g/mol. The molecule has 1 N–H and O–H groups in total. The van der Waals surface area contributed by atoms with Gasteiger partial charge in [0.25, 0.3) is 0 Å². The van der Waals surface area contributed by atoms with E-state index in [0.29, 0.717) is 41.8 Å². The Morgan fingerprint density at radius 2 is 0.970 bits per heavy atom. The van der Waals surface area contributed by atoms with E-state index in [9.17, 15) is 15.2 Å². The number of ether oxygens (including phenoxy) is 5. The lowest BCUT2D eigenvalue weighted by Crippen LogP contribution is -2.31. The molecule has 518 valence electrons. The van der Waals surface area contributed by atoms with Crippen LogP contribution in [-0.2, 0) is 25.9 Å². The molecule has 0 unspecified atom stereocenters. The first-order valence-corrected chi connectivity index (χ1v) is 33.5. The van der Waals surface area contributed by atoms with Gasteiger partial charge in [0, 0.05) is 180 Å². The van der Waals surface area contributed by atoms with Gasteiger partial charge in [0.15, 0.2) is 0 Å². The Morgan fingerprint density at radius 1 is 0.515 bits per heavy atom. The molecule has 8 heterocycles. The standard InChI is InChI=1S/C27H29N7O2.C27H30N6O3.C21H20ClN5O2/c1-32-18-20(15-30-32)27-16-29-25-5-4-21(12-26(25)31-27)34(9-8-33-7-6-19(14-28)17-33)22-10-23(35-2)13-24(11-22)36-3;1-31-18-19(16-29-31)26-17-28-24-8-7-20(14-25(24)30-26)33(11-5-10-32-9-4-6-27(32)34)21-12-22(35-2)15-23(13-21)36-3;1-26-13-14(11-24-26)20-12-23-18-6-3-15(9-19(18)25-20)27(7-8-28)21-10-16(29-2)4-5-17(21)22/h4-5,10-13,15-16,18-19H,6-9,17H2,1-3H3;7-8,12-18H,4-6,9-11H2,1-3H3;3-6,9-13,28H,7-8H2,1-2H3/t19-;;/m1../s1. The Morgan fingerprint density at radius 3 is 1.37 bits per heavy atom. The normalized spacial score (nSPS) is 13.5. The summed E-state index contributed by atoms with van der Waals surface area (Å²) in [7, 11) is 13.8. The van der Waals surface area contributed by atoms with Crippen molar-refractivity contribution in [2.45, 2.75) is 25.7 Å². The summed E-state index contributed by atoms with van der Waals surface area (Å²) < 4.78 is 32.7. The Hall–Kier alpha value is -11.5. The molecule has 0 bridgehead atoms. The number of likely N-dealkylation sites (tertiary alicyclic amines) is 2.